The van der Waals surface area contributed by atoms with E-state index >= 15 is 0 Å². The highest BCUT2D eigenvalue weighted by Crippen LogP contribution is 2.29. The fraction of sp³-hybridized carbons (Fsp3) is 0.333. The van der Waals surface area contributed by atoms with E-state index in [0.717, 1.165) is 49.3 Å². The summed E-state index contributed by atoms with van der Waals surface area (Å²) < 4.78 is 6.85. The molecule has 0 bridgehead atoms. The Hall–Kier alpha value is -2.64. The summed E-state index contributed by atoms with van der Waals surface area (Å²) in [5.74, 6) is 0.682. The van der Waals surface area contributed by atoms with Crippen molar-refractivity contribution in [3.8, 4) is 5.75 Å². The molecule has 0 unspecified atom stereocenters. The molecule has 160 valence electrons. The Morgan fingerprint density at radius 1 is 1.10 bits per heavy atom. The number of aryl methyl sites for hydroxylation is 1. The number of methoxy groups -OCH3 is 1. The third-order valence-electron chi connectivity index (χ3n) is 5.02. The summed E-state index contributed by atoms with van der Waals surface area (Å²) >= 11 is 11.8. The van der Waals surface area contributed by atoms with E-state index in [-0.39, 0.29) is 5.69 Å². The number of hydrogen-bond acceptors (Lipinski definition) is 4. The Kier molecular flexibility index (Phi) is 7.29. The van der Waals surface area contributed by atoms with Crippen LogP contribution in [0.15, 0.2) is 41.2 Å². The first-order valence-corrected chi connectivity index (χ1v) is 10.4. The average molecular weight is 451 g/mol. The second-order valence-electron chi connectivity index (χ2n) is 6.78. The van der Waals surface area contributed by atoms with Gasteiger partial charge in [-0.3, -0.25) is 9.36 Å². The van der Waals surface area contributed by atoms with Crippen molar-refractivity contribution in [2.24, 2.45) is 0 Å². The normalized spacial score (nSPS) is 13.7. The lowest BCUT2D eigenvalue weighted by molar-refractivity contribution is -0.118. The molecule has 1 N–H and O–H groups in total. The van der Waals surface area contributed by atoms with Crippen molar-refractivity contribution in [1.29, 1.82) is 0 Å². The fourth-order valence-corrected chi connectivity index (χ4v) is 3.73. The van der Waals surface area contributed by atoms with Crippen LogP contribution in [0.2, 0.25) is 10.0 Å². The van der Waals surface area contributed by atoms with Gasteiger partial charge in [-0.05, 0) is 37.3 Å². The van der Waals surface area contributed by atoms with Gasteiger partial charge in [0.1, 0.15) is 5.75 Å². The van der Waals surface area contributed by atoms with Crippen LogP contribution >= 0.6 is 23.2 Å². The van der Waals surface area contributed by atoms with Crippen LogP contribution in [0.1, 0.15) is 6.92 Å². The summed E-state index contributed by atoms with van der Waals surface area (Å²) in [5.41, 5.74) is 2.69. The topological polar surface area (TPSA) is 70.6 Å². The molecule has 30 heavy (non-hydrogen) atoms. The smallest absolute Gasteiger partial charge is 0.326 e. The molecule has 0 saturated carbocycles. The first-order valence-electron chi connectivity index (χ1n) is 9.62. The van der Waals surface area contributed by atoms with Crippen molar-refractivity contribution in [1.82, 2.24) is 14.5 Å². The molecule has 0 radical (unpaired) electrons. The molecule has 1 fully saturated rings. The molecule has 2 aromatic carbocycles. The number of ether oxygens (including phenoxy) is 1. The van der Waals surface area contributed by atoms with Gasteiger partial charge >= 0.3 is 5.69 Å². The summed E-state index contributed by atoms with van der Waals surface area (Å²) in [6, 6.07) is 11.1. The van der Waals surface area contributed by atoms with E-state index in [1.807, 2.05) is 31.2 Å². The number of piperazine rings is 1. The second-order valence-corrected chi connectivity index (χ2v) is 7.63. The van der Waals surface area contributed by atoms with Crippen molar-refractivity contribution >= 4 is 46.3 Å². The lowest BCUT2D eigenvalue weighted by Crippen LogP contribution is -2.45. The number of carbonyl (C=O) groups is 1. The van der Waals surface area contributed by atoms with Crippen LogP contribution in [-0.4, -0.2) is 54.1 Å². The Labute approximate surface area is 184 Å². The summed E-state index contributed by atoms with van der Waals surface area (Å²) in [7, 11) is 1.61. The van der Waals surface area contributed by atoms with Crippen molar-refractivity contribution in [2.75, 3.05) is 38.2 Å². The number of amides is 1. The molecule has 1 aliphatic rings. The number of imidazole rings is 1. The van der Waals surface area contributed by atoms with Crippen molar-refractivity contribution in [2.45, 2.75) is 13.5 Å². The molecule has 9 heteroatoms. The van der Waals surface area contributed by atoms with Crippen LogP contribution in [0, 0.1) is 0 Å². The number of rotatable bonds is 4. The van der Waals surface area contributed by atoms with Gasteiger partial charge in [0.15, 0.2) is 0 Å². The molecule has 1 aliphatic heterocycles. The largest absolute Gasteiger partial charge is 0.495 e. The first-order chi connectivity index (χ1) is 14.5. The number of anilines is 1. The maximum atomic E-state index is 11.3. The number of carbonyl (C=O) groups excluding carboxylic acids is 1. The van der Waals surface area contributed by atoms with Crippen LogP contribution in [0.5, 0.6) is 5.75 Å². The number of nitrogens with one attached hydrogen (secondary N) is 1. The Morgan fingerprint density at radius 2 is 1.83 bits per heavy atom. The summed E-state index contributed by atoms with van der Waals surface area (Å²) in [6.45, 7) is 5.77. The van der Waals surface area contributed by atoms with Crippen LogP contribution in [0.3, 0.4) is 0 Å². The third-order valence-corrected chi connectivity index (χ3v) is 5.56. The number of H-pyrrole nitrogens is 1. The molecule has 3 aromatic rings. The highest BCUT2D eigenvalue weighted by Gasteiger charge is 2.16. The number of fused-ring (bicyclic) bond motifs is 1. The van der Waals surface area contributed by atoms with Crippen molar-refractivity contribution in [3.63, 3.8) is 0 Å². The molecule has 4 rings (SSSR count). The molecule has 0 atom stereocenters. The number of hydrogen-bond donors (Lipinski definition) is 1. The number of halogens is 2. The minimum atomic E-state index is -0.0835. The molecular weight excluding hydrogens is 427 g/mol. The lowest BCUT2D eigenvalue weighted by Gasteiger charge is -2.34. The summed E-state index contributed by atoms with van der Waals surface area (Å²) in [6.07, 6.45) is 0.903. The van der Waals surface area contributed by atoms with E-state index in [9.17, 15) is 9.59 Å². The van der Waals surface area contributed by atoms with E-state index in [0.29, 0.717) is 22.3 Å². The SMILES string of the molecule is CCn1c(=O)[nH]c2ccc(Cl)cc21.COc1cc(N2CCN(C=O)CC2)ccc1Cl. The third kappa shape index (κ3) is 4.91. The summed E-state index contributed by atoms with van der Waals surface area (Å²) in [5, 5.41) is 1.26. The zero-order valence-electron chi connectivity index (χ0n) is 16.9. The van der Waals surface area contributed by atoms with Gasteiger partial charge in [0.25, 0.3) is 0 Å². The van der Waals surface area contributed by atoms with Gasteiger partial charge in [0.05, 0.1) is 23.2 Å². The zero-order chi connectivity index (χ0) is 21.7. The molecule has 0 aliphatic carbocycles. The molecule has 2 heterocycles. The van der Waals surface area contributed by atoms with Gasteiger partial charge < -0.3 is 19.5 Å². The predicted octanol–water partition coefficient (Wildman–Crippen LogP) is 3.63. The van der Waals surface area contributed by atoms with Gasteiger partial charge in [-0.25, -0.2) is 4.79 Å². The Bertz CT molecular complexity index is 1070. The van der Waals surface area contributed by atoms with Gasteiger partial charge in [-0.1, -0.05) is 23.2 Å². The van der Waals surface area contributed by atoms with E-state index in [1.165, 1.54) is 0 Å². The maximum absolute atomic E-state index is 11.3. The van der Waals surface area contributed by atoms with E-state index in [2.05, 4.69) is 9.88 Å². The van der Waals surface area contributed by atoms with E-state index < -0.39 is 0 Å². The first kappa shape index (κ1) is 22.1. The van der Waals surface area contributed by atoms with E-state index in [4.69, 9.17) is 27.9 Å². The highest BCUT2D eigenvalue weighted by molar-refractivity contribution is 6.32. The molecule has 1 amide bonds. The molecular formula is C21H24Cl2N4O3. The molecule has 0 spiro atoms. The summed E-state index contributed by atoms with van der Waals surface area (Å²) in [4.78, 5) is 28.7. The van der Waals surface area contributed by atoms with Crippen LogP contribution in [0.4, 0.5) is 5.69 Å². The zero-order valence-corrected chi connectivity index (χ0v) is 18.4. The monoisotopic (exact) mass is 450 g/mol. The van der Waals surface area contributed by atoms with Crippen molar-refractivity contribution in [3.05, 3.63) is 56.9 Å². The van der Waals surface area contributed by atoms with Crippen LogP contribution < -0.4 is 15.3 Å². The predicted molar refractivity (Wildman–Crippen MR) is 121 cm³/mol. The Balaban J connectivity index is 0.000000177. The molecule has 1 saturated heterocycles. The van der Waals surface area contributed by atoms with Gasteiger partial charge in [0.2, 0.25) is 6.41 Å². The lowest BCUT2D eigenvalue weighted by atomic mass is 10.2. The maximum Gasteiger partial charge on any atom is 0.326 e. The Morgan fingerprint density at radius 3 is 2.47 bits per heavy atom. The minimum Gasteiger partial charge on any atom is -0.495 e. The number of aromatic amines is 1. The van der Waals surface area contributed by atoms with Gasteiger partial charge in [-0.2, -0.15) is 0 Å². The minimum absolute atomic E-state index is 0.0835. The van der Waals surface area contributed by atoms with Gasteiger partial charge in [-0.15, -0.1) is 0 Å². The number of nitrogens with zero attached hydrogens (tertiary/aromatic N) is 3. The second kappa shape index (κ2) is 9.91. The van der Waals surface area contributed by atoms with Crippen LogP contribution in [-0.2, 0) is 11.3 Å². The fourth-order valence-electron chi connectivity index (χ4n) is 3.37. The van der Waals surface area contributed by atoms with Crippen molar-refractivity contribution < 1.29 is 9.53 Å². The highest BCUT2D eigenvalue weighted by atomic mass is 35.5. The van der Waals surface area contributed by atoms with E-state index in [1.54, 1.807) is 28.7 Å². The molecule has 1 aromatic heterocycles. The number of aromatic nitrogens is 2. The van der Waals surface area contributed by atoms with Crippen LogP contribution in [0.25, 0.3) is 11.0 Å². The average Bonchev–Trinajstić information content (AvgIpc) is 3.08. The van der Waals surface area contributed by atoms with Gasteiger partial charge in [0, 0.05) is 49.5 Å². The number of benzene rings is 2. The standard InChI is InChI=1S/C12H15ClN2O2.C9H9ClN2O/c1-17-12-8-10(2-3-11(12)13)15-6-4-14(9-16)5-7-15;1-2-12-8-5-6(10)3-4-7(8)11-9(12)13/h2-3,8-9H,4-7H2,1H3;3-5H,2H2,1H3,(H,11,13). The quantitative estimate of drug-likeness (QED) is 0.616. The molecule has 7 nitrogen and oxygen atoms in total.